The molecule has 1 heterocycles. The molecular formula is C13H18N2O. The molecule has 0 spiro atoms. The third-order valence-electron chi connectivity index (χ3n) is 3.18. The molecule has 0 saturated carbocycles. The van der Waals surface area contributed by atoms with Gasteiger partial charge in [0.1, 0.15) is 0 Å². The van der Waals surface area contributed by atoms with Gasteiger partial charge >= 0.3 is 0 Å². The maximum atomic E-state index is 10.4. The van der Waals surface area contributed by atoms with Gasteiger partial charge in [-0.1, -0.05) is 36.8 Å². The van der Waals surface area contributed by atoms with E-state index >= 15 is 0 Å². The number of hydrogen-bond acceptors (Lipinski definition) is 2. The lowest BCUT2D eigenvalue weighted by Gasteiger charge is -2.35. The van der Waals surface area contributed by atoms with Gasteiger partial charge in [-0.15, -0.1) is 0 Å². The zero-order valence-electron chi connectivity index (χ0n) is 9.43. The number of piperidine rings is 1. The highest BCUT2D eigenvalue weighted by molar-refractivity contribution is 5.45. The minimum Gasteiger partial charge on any atom is -0.346 e. The summed E-state index contributed by atoms with van der Waals surface area (Å²) >= 11 is 0. The largest absolute Gasteiger partial charge is 0.346 e. The van der Waals surface area contributed by atoms with E-state index in [-0.39, 0.29) is 0 Å². The van der Waals surface area contributed by atoms with E-state index in [1.54, 1.807) is 0 Å². The molecule has 0 bridgehead atoms. The average Bonchev–Trinajstić information content (AvgIpc) is 2.38. The van der Waals surface area contributed by atoms with Gasteiger partial charge in [-0.2, -0.15) is 0 Å². The van der Waals surface area contributed by atoms with Crippen LogP contribution in [0.2, 0.25) is 0 Å². The van der Waals surface area contributed by atoms with Crippen LogP contribution in [0.5, 0.6) is 0 Å². The minimum absolute atomic E-state index is 0.461. The van der Waals surface area contributed by atoms with E-state index in [0.29, 0.717) is 12.7 Å². The molecule has 1 aliphatic rings. The van der Waals surface area contributed by atoms with Gasteiger partial charge < -0.3 is 5.32 Å². The number of carbonyl (C=O) groups excluding carboxylic acids is 1. The molecule has 0 aromatic heterocycles. The Morgan fingerprint density at radius 1 is 1.31 bits per heavy atom. The summed E-state index contributed by atoms with van der Waals surface area (Å²) in [4.78, 5) is 12.7. The van der Waals surface area contributed by atoms with Crippen LogP contribution in [0.4, 0.5) is 0 Å². The third kappa shape index (κ3) is 2.61. The Kier molecular flexibility index (Phi) is 3.94. The van der Waals surface area contributed by atoms with Crippen LogP contribution in [-0.4, -0.2) is 24.5 Å². The van der Waals surface area contributed by atoms with Gasteiger partial charge in [0.25, 0.3) is 0 Å². The number of benzene rings is 1. The molecule has 1 saturated heterocycles. The van der Waals surface area contributed by atoms with E-state index < -0.39 is 0 Å². The SMILES string of the molecule is O=CNCN1CCCCC1c1ccccc1. The Balaban J connectivity index is 2.07. The lowest BCUT2D eigenvalue weighted by molar-refractivity contribution is -0.110. The van der Waals surface area contributed by atoms with Gasteiger partial charge in [-0.05, 0) is 18.4 Å². The molecule has 3 heteroatoms. The van der Waals surface area contributed by atoms with Gasteiger partial charge in [-0.3, -0.25) is 9.69 Å². The number of nitrogens with one attached hydrogen (secondary N) is 1. The minimum atomic E-state index is 0.461. The molecular weight excluding hydrogens is 200 g/mol. The molecule has 1 N–H and O–H groups in total. The van der Waals surface area contributed by atoms with Crippen molar-refractivity contribution in [3.8, 4) is 0 Å². The van der Waals surface area contributed by atoms with E-state index in [4.69, 9.17) is 0 Å². The Hall–Kier alpha value is -1.35. The van der Waals surface area contributed by atoms with Crippen LogP contribution in [0.25, 0.3) is 0 Å². The summed E-state index contributed by atoms with van der Waals surface area (Å²) in [7, 11) is 0. The van der Waals surface area contributed by atoms with Crippen LogP contribution in [0, 0.1) is 0 Å². The predicted molar refractivity (Wildman–Crippen MR) is 63.8 cm³/mol. The molecule has 0 radical (unpaired) electrons. The molecule has 1 unspecified atom stereocenters. The van der Waals surface area contributed by atoms with E-state index in [1.807, 2.05) is 6.07 Å². The highest BCUT2D eigenvalue weighted by Crippen LogP contribution is 2.29. The zero-order valence-corrected chi connectivity index (χ0v) is 9.43. The van der Waals surface area contributed by atoms with Gasteiger partial charge in [0.2, 0.25) is 6.41 Å². The zero-order chi connectivity index (χ0) is 11.2. The molecule has 0 aliphatic carbocycles. The third-order valence-corrected chi connectivity index (χ3v) is 3.18. The Labute approximate surface area is 96.5 Å². The standard InChI is InChI=1S/C13H18N2O/c16-11-14-10-15-9-5-4-8-13(15)12-6-2-1-3-7-12/h1-3,6-7,11,13H,4-5,8-10H2,(H,14,16). The van der Waals surface area contributed by atoms with E-state index in [1.165, 1.54) is 24.8 Å². The Morgan fingerprint density at radius 2 is 2.12 bits per heavy atom. The monoisotopic (exact) mass is 218 g/mol. The summed E-state index contributed by atoms with van der Waals surface area (Å²) in [6.45, 7) is 1.73. The lowest BCUT2D eigenvalue weighted by atomic mass is 9.96. The van der Waals surface area contributed by atoms with Crippen molar-refractivity contribution in [2.75, 3.05) is 13.2 Å². The van der Waals surface area contributed by atoms with Crippen molar-refractivity contribution in [2.45, 2.75) is 25.3 Å². The van der Waals surface area contributed by atoms with Crippen molar-refractivity contribution in [1.82, 2.24) is 10.2 Å². The van der Waals surface area contributed by atoms with Crippen molar-refractivity contribution in [3.63, 3.8) is 0 Å². The van der Waals surface area contributed by atoms with Crippen molar-refractivity contribution in [3.05, 3.63) is 35.9 Å². The van der Waals surface area contributed by atoms with Crippen LogP contribution >= 0.6 is 0 Å². The fraction of sp³-hybridized carbons (Fsp3) is 0.462. The summed E-state index contributed by atoms with van der Waals surface area (Å²) in [6, 6.07) is 11.0. The summed E-state index contributed by atoms with van der Waals surface area (Å²) in [6.07, 6.45) is 4.46. The van der Waals surface area contributed by atoms with Gasteiger partial charge in [0.15, 0.2) is 0 Å². The average molecular weight is 218 g/mol. The maximum absolute atomic E-state index is 10.4. The van der Waals surface area contributed by atoms with Gasteiger partial charge in [0.05, 0.1) is 6.67 Å². The first-order valence-electron chi connectivity index (χ1n) is 5.88. The van der Waals surface area contributed by atoms with Gasteiger partial charge in [0, 0.05) is 12.6 Å². The molecule has 1 aliphatic heterocycles. The van der Waals surface area contributed by atoms with Crippen molar-refractivity contribution >= 4 is 6.41 Å². The van der Waals surface area contributed by atoms with Crippen molar-refractivity contribution in [2.24, 2.45) is 0 Å². The number of rotatable bonds is 4. The predicted octanol–water partition coefficient (Wildman–Crippen LogP) is 1.92. The van der Waals surface area contributed by atoms with Crippen molar-refractivity contribution in [1.29, 1.82) is 0 Å². The topological polar surface area (TPSA) is 32.3 Å². The quantitative estimate of drug-likeness (QED) is 0.783. The second-order valence-electron chi connectivity index (χ2n) is 4.21. The summed E-state index contributed by atoms with van der Waals surface area (Å²) in [5.41, 5.74) is 1.36. The molecule has 1 atom stereocenters. The van der Waals surface area contributed by atoms with Gasteiger partial charge in [-0.25, -0.2) is 0 Å². The van der Waals surface area contributed by atoms with E-state index in [0.717, 1.165) is 13.0 Å². The van der Waals surface area contributed by atoms with Crippen LogP contribution < -0.4 is 5.32 Å². The second kappa shape index (κ2) is 5.66. The van der Waals surface area contributed by atoms with Crippen LogP contribution in [0.1, 0.15) is 30.9 Å². The lowest BCUT2D eigenvalue weighted by Crippen LogP contribution is -2.39. The number of hydrogen-bond donors (Lipinski definition) is 1. The normalized spacial score (nSPS) is 21.6. The maximum Gasteiger partial charge on any atom is 0.208 e. The smallest absolute Gasteiger partial charge is 0.208 e. The fourth-order valence-corrected chi connectivity index (χ4v) is 2.39. The number of carbonyl (C=O) groups is 1. The van der Waals surface area contributed by atoms with E-state index in [2.05, 4.69) is 34.5 Å². The summed E-state index contributed by atoms with van der Waals surface area (Å²) in [5.74, 6) is 0. The number of likely N-dealkylation sites (tertiary alicyclic amines) is 1. The van der Waals surface area contributed by atoms with Crippen LogP contribution in [0.3, 0.4) is 0 Å². The number of nitrogens with zero attached hydrogens (tertiary/aromatic N) is 1. The van der Waals surface area contributed by atoms with Crippen LogP contribution in [-0.2, 0) is 4.79 Å². The number of amides is 1. The summed E-state index contributed by atoms with van der Waals surface area (Å²) < 4.78 is 0. The van der Waals surface area contributed by atoms with Crippen molar-refractivity contribution < 1.29 is 4.79 Å². The first-order valence-corrected chi connectivity index (χ1v) is 5.88. The molecule has 1 amide bonds. The molecule has 86 valence electrons. The molecule has 1 aromatic carbocycles. The Bertz CT molecular complexity index is 326. The highest BCUT2D eigenvalue weighted by atomic mass is 16.1. The molecule has 16 heavy (non-hydrogen) atoms. The molecule has 3 nitrogen and oxygen atoms in total. The molecule has 1 fully saturated rings. The molecule has 1 aromatic rings. The molecule has 2 rings (SSSR count). The first-order chi connectivity index (χ1) is 7.92. The van der Waals surface area contributed by atoms with Crippen LogP contribution in [0.15, 0.2) is 30.3 Å². The fourth-order valence-electron chi connectivity index (χ4n) is 2.39. The highest BCUT2D eigenvalue weighted by Gasteiger charge is 2.22. The second-order valence-corrected chi connectivity index (χ2v) is 4.21. The van der Waals surface area contributed by atoms with E-state index in [9.17, 15) is 4.79 Å². The summed E-state index contributed by atoms with van der Waals surface area (Å²) in [5, 5.41) is 2.76. The Morgan fingerprint density at radius 3 is 2.88 bits per heavy atom. The first kappa shape index (κ1) is 11.1.